The van der Waals surface area contributed by atoms with E-state index in [0.29, 0.717) is 5.01 Å². The number of ketones is 1. The number of ether oxygens (including phenoxy) is 1. The number of fused-ring (bicyclic) bond motifs is 1. The quantitative estimate of drug-likeness (QED) is 0.911. The van der Waals surface area contributed by atoms with Crippen molar-refractivity contribution in [2.45, 2.75) is 5.60 Å². The van der Waals surface area contributed by atoms with Gasteiger partial charge in [-0.05, 0) is 42.5 Å². The van der Waals surface area contributed by atoms with Gasteiger partial charge in [-0.15, -0.1) is 11.3 Å². The minimum Gasteiger partial charge on any atom is -0.497 e. The first-order valence-electron chi connectivity index (χ1n) is 5.70. The first-order valence-corrected chi connectivity index (χ1v) is 6.52. The molecular weight excluding hydrogens is 262 g/mol. The summed E-state index contributed by atoms with van der Waals surface area (Å²) in [5.41, 5.74) is -0.502. The fraction of sp³-hybridized carbons (Fsp3) is 0.143. The fourth-order valence-electron chi connectivity index (χ4n) is 1.88. The number of hydrogen-bond donors (Lipinski definition) is 1. The first-order chi connectivity index (χ1) is 9.10. The SMILES string of the molecule is COc1ccc2nc(C3(O)C=CC(=O)C=C3)sc2c1. The molecule has 19 heavy (non-hydrogen) atoms. The molecule has 1 N–H and O–H groups in total. The Balaban J connectivity index is 2.08. The number of allylic oxidation sites excluding steroid dienone is 2. The third kappa shape index (κ3) is 2.07. The van der Waals surface area contributed by atoms with E-state index >= 15 is 0 Å². The summed E-state index contributed by atoms with van der Waals surface area (Å²) in [5.74, 6) is 0.618. The average Bonchev–Trinajstić information content (AvgIpc) is 2.86. The Hall–Kier alpha value is -1.98. The summed E-state index contributed by atoms with van der Waals surface area (Å²) in [5, 5.41) is 11.0. The van der Waals surface area contributed by atoms with E-state index in [9.17, 15) is 9.90 Å². The molecule has 0 saturated heterocycles. The van der Waals surface area contributed by atoms with Gasteiger partial charge in [-0.2, -0.15) is 0 Å². The third-order valence-electron chi connectivity index (χ3n) is 2.94. The Kier molecular flexibility index (Phi) is 2.73. The first kappa shape index (κ1) is 12.1. The Morgan fingerprint density at radius 3 is 2.74 bits per heavy atom. The van der Waals surface area contributed by atoms with E-state index < -0.39 is 5.60 Å². The number of carbonyl (C=O) groups excluding carboxylic acids is 1. The molecule has 1 aromatic carbocycles. The zero-order chi connectivity index (χ0) is 13.5. The van der Waals surface area contributed by atoms with Crippen LogP contribution in [0, 0.1) is 0 Å². The molecule has 4 nitrogen and oxygen atoms in total. The molecule has 1 heterocycles. The van der Waals surface area contributed by atoms with Crippen LogP contribution < -0.4 is 4.74 Å². The molecule has 0 atom stereocenters. The van der Waals surface area contributed by atoms with Gasteiger partial charge in [0.25, 0.3) is 0 Å². The average molecular weight is 273 g/mol. The highest BCUT2D eigenvalue weighted by Gasteiger charge is 2.29. The van der Waals surface area contributed by atoms with Gasteiger partial charge in [-0.25, -0.2) is 4.98 Å². The predicted molar refractivity (Wildman–Crippen MR) is 73.4 cm³/mol. The maximum atomic E-state index is 11.1. The minimum atomic E-state index is -1.30. The number of aromatic nitrogens is 1. The van der Waals surface area contributed by atoms with Crippen molar-refractivity contribution >= 4 is 27.3 Å². The van der Waals surface area contributed by atoms with Gasteiger partial charge in [-0.3, -0.25) is 4.79 Å². The highest BCUT2D eigenvalue weighted by Crippen LogP contribution is 2.34. The van der Waals surface area contributed by atoms with Crippen molar-refractivity contribution in [3.63, 3.8) is 0 Å². The van der Waals surface area contributed by atoms with Gasteiger partial charge < -0.3 is 9.84 Å². The molecule has 1 aliphatic rings. The van der Waals surface area contributed by atoms with Gasteiger partial charge in [0.15, 0.2) is 11.4 Å². The zero-order valence-electron chi connectivity index (χ0n) is 10.2. The smallest absolute Gasteiger partial charge is 0.178 e. The third-order valence-corrected chi connectivity index (χ3v) is 4.10. The Labute approximate surface area is 113 Å². The van der Waals surface area contributed by atoms with E-state index in [4.69, 9.17) is 4.74 Å². The van der Waals surface area contributed by atoms with E-state index in [1.54, 1.807) is 7.11 Å². The normalized spacial score (nSPS) is 17.1. The number of nitrogens with zero attached hydrogens (tertiary/aromatic N) is 1. The number of aliphatic hydroxyl groups is 1. The van der Waals surface area contributed by atoms with Crippen molar-refractivity contribution in [1.29, 1.82) is 0 Å². The number of hydrogen-bond acceptors (Lipinski definition) is 5. The standard InChI is InChI=1S/C14H11NO3S/c1-18-10-2-3-11-12(8-10)19-13(15-11)14(17)6-4-9(16)5-7-14/h2-8,17H,1H3. The number of benzene rings is 1. The van der Waals surface area contributed by atoms with Gasteiger partial charge in [0.2, 0.25) is 0 Å². The van der Waals surface area contributed by atoms with Crippen LogP contribution in [0.25, 0.3) is 10.2 Å². The van der Waals surface area contributed by atoms with Crippen LogP contribution in [-0.4, -0.2) is 23.0 Å². The topological polar surface area (TPSA) is 59.4 Å². The summed E-state index contributed by atoms with van der Waals surface area (Å²) in [6.45, 7) is 0. The molecule has 0 radical (unpaired) electrons. The zero-order valence-corrected chi connectivity index (χ0v) is 11.0. The molecule has 0 fully saturated rings. The predicted octanol–water partition coefficient (Wildman–Crippen LogP) is 2.19. The molecule has 0 amide bonds. The lowest BCUT2D eigenvalue weighted by molar-refractivity contribution is -0.110. The molecule has 5 heteroatoms. The lowest BCUT2D eigenvalue weighted by atomic mass is 9.98. The molecule has 2 aromatic rings. The van der Waals surface area contributed by atoms with Gasteiger partial charge in [0.1, 0.15) is 10.8 Å². The molecule has 1 aromatic heterocycles. The van der Waals surface area contributed by atoms with Crippen LogP contribution in [0.4, 0.5) is 0 Å². The van der Waals surface area contributed by atoms with Crippen molar-refractivity contribution < 1.29 is 14.6 Å². The van der Waals surface area contributed by atoms with Crippen molar-refractivity contribution in [2.75, 3.05) is 7.11 Å². The Bertz CT molecular complexity index is 699. The summed E-state index contributed by atoms with van der Waals surface area (Å²) >= 11 is 1.38. The summed E-state index contributed by atoms with van der Waals surface area (Å²) in [6, 6.07) is 5.55. The second-order valence-corrected chi connectivity index (χ2v) is 5.28. The highest BCUT2D eigenvalue weighted by atomic mass is 32.1. The number of thiazole rings is 1. The molecule has 0 saturated carbocycles. The van der Waals surface area contributed by atoms with Crippen LogP contribution in [0.15, 0.2) is 42.5 Å². The minimum absolute atomic E-state index is 0.132. The van der Waals surface area contributed by atoms with Gasteiger partial charge in [0, 0.05) is 0 Å². The Morgan fingerprint density at radius 2 is 2.05 bits per heavy atom. The lowest BCUT2D eigenvalue weighted by Crippen LogP contribution is -2.22. The molecular formula is C14H11NO3S. The van der Waals surface area contributed by atoms with E-state index in [0.717, 1.165) is 16.0 Å². The monoisotopic (exact) mass is 273 g/mol. The fourth-order valence-corrected chi connectivity index (χ4v) is 2.92. The number of carbonyl (C=O) groups is 1. The van der Waals surface area contributed by atoms with Crippen LogP contribution in [0.3, 0.4) is 0 Å². The van der Waals surface area contributed by atoms with Crippen molar-refractivity contribution in [2.24, 2.45) is 0 Å². The molecule has 3 rings (SSSR count). The van der Waals surface area contributed by atoms with Gasteiger partial charge in [0.05, 0.1) is 17.3 Å². The summed E-state index contributed by atoms with van der Waals surface area (Å²) in [6.07, 6.45) is 5.63. The van der Waals surface area contributed by atoms with E-state index in [1.165, 1.54) is 35.6 Å². The second-order valence-electron chi connectivity index (χ2n) is 4.25. The van der Waals surface area contributed by atoms with Crippen LogP contribution >= 0.6 is 11.3 Å². The summed E-state index contributed by atoms with van der Waals surface area (Å²) in [4.78, 5) is 15.5. The molecule has 0 bridgehead atoms. The number of rotatable bonds is 2. The summed E-state index contributed by atoms with van der Waals surface area (Å²) in [7, 11) is 1.61. The molecule has 1 aliphatic carbocycles. The van der Waals surface area contributed by atoms with E-state index in [-0.39, 0.29) is 5.78 Å². The largest absolute Gasteiger partial charge is 0.497 e. The van der Waals surface area contributed by atoms with Crippen molar-refractivity contribution in [3.8, 4) is 5.75 Å². The molecule has 0 unspecified atom stereocenters. The Morgan fingerprint density at radius 1 is 1.32 bits per heavy atom. The van der Waals surface area contributed by atoms with Crippen LogP contribution in [0.5, 0.6) is 5.75 Å². The molecule has 0 spiro atoms. The summed E-state index contributed by atoms with van der Waals surface area (Å²) < 4.78 is 6.09. The maximum Gasteiger partial charge on any atom is 0.178 e. The van der Waals surface area contributed by atoms with Crippen LogP contribution in [0.1, 0.15) is 5.01 Å². The van der Waals surface area contributed by atoms with Crippen molar-refractivity contribution in [3.05, 3.63) is 47.5 Å². The van der Waals surface area contributed by atoms with E-state index in [1.807, 2.05) is 18.2 Å². The van der Waals surface area contributed by atoms with Gasteiger partial charge >= 0.3 is 0 Å². The second kappa shape index (κ2) is 4.29. The highest BCUT2D eigenvalue weighted by molar-refractivity contribution is 7.18. The van der Waals surface area contributed by atoms with Gasteiger partial charge in [-0.1, -0.05) is 0 Å². The van der Waals surface area contributed by atoms with Crippen LogP contribution in [0.2, 0.25) is 0 Å². The van der Waals surface area contributed by atoms with Crippen molar-refractivity contribution in [1.82, 2.24) is 4.98 Å². The lowest BCUT2D eigenvalue weighted by Gasteiger charge is -2.19. The molecule has 96 valence electrons. The molecule has 0 aliphatic heterocycles. The van der Waals surface area contributed by atoms with Crippen LogP contribution in [-0.2, 0) is 10.4 Å². The number of methoxy groups -OCH3 is 1. The van der Waals surface area contributed by atoms with E-state index in [2.05, 4.69) is 4.98 Å². The maximum absolute atomic E-state index is 11.1.